The zero-order valence-corrected chi connectivity index (χ0v) is 14.1. The summed E-state index contributed by atoms with van der Waals surface area (Å²) in [4.78, 5) is 17.1. The maximum absolute atomic E-state index is 11.7. The third-order valence-electron chi connectivity index (χ3n) is 3.59. The van der Waals surface area contributed by atoms with Gasteiger partial charge in [-0.1, -0.05) is 47.6 Å². The van der Waals surface area contributed by atoms with Gasteiger partial charge >= 0.3 is 6.03 Å². The number of hydrogen-bond donors (Lipinski definition) is 2. The molecule has 2 aromatic carbocycles. The number of carbonyl (C=O) groups excluding carboxylic acids is 1. The van der Waals surface area contributed by atoms with Gasteiger partial charge in [0.1, 0.15) is 6.61 Å². The number of hydrazine groups is 1. The monoisotopic (exact) mass is 326 g/mol. The van der Waals surface area contributed by atoms with Crippen LogP contribution in [-0.2, 0) is 11.4 Å². The van der Waals surface area contributed by atoms with Crippen LogP contribution in [0.4, 0.5) is 10.5 Å². The molecule has 0 unspecified atom stereocenters. The highest BCUT2D eigenvalue weighted by atomic mass is 16.6. The molecule has 6 nitrogen and oxygen atoms in total. The maximum Gasteiger partial charge on any atom is 0.336 e. The molecule has 3 N–H and O–H groups in total. The molecule has 2 amide bonds. The molecule has 0 aliphatic heterocycles. The number of nitrogens with one attached hydrogen (secondary N) is 1. The fourth-order valence-electron chi connectivity index (χ4n) is 2.15. The molecule has 2 rings (SSSR count). The summed E-state index contributed by atoms with van der Waals surface area (Å²) < 4.78 is 0. The summed E-state index contributed by atoms with van der Waals surface area (Å²) in [7, 11) is 1.53. The van der Waals surface area contributed by atoms with E-state index in [-0.39, 0.29) is 6.03 Å². The van der Waals surface area contributed by atoms with E-state index < -0.39 is 0 Å². The highest BCUT2D eigenvalue weighted by Crippen LogP contribution is 2.20. The van der Waals surface area contributed by atoms with Crippen LogP contribution in [0.1, 0.15) is 23.6 Å². The smallest absolute Gasteiger partial charge is 0.336 e. The molecule has 0 heterocycles. The zero-order chi connectivity index (χ0) is 17.5. The maximum atomic E-state index is 11.7. The summed E-state index contributed by atoms with van der Waals surface area (Å²) >= 11 is 0. The minimum absolute atomic E-state index is 0.384. The summed E-state index contributed by atoms with van der Waals surface area (Å²) in [5.74, 6) is 5.85. The fraction of sp³-hybridized carbons (Fsp3) is 0.222. The van der Waals surface area contributed by atoms with Crippen LogP contribution in [0.25, 0.3) is 0 Å². The first-order chi connectivity index (χ1) is 11.5. The van der Waals surface area contributed by atoms with Gasteiger partial charge in [0.15, 0.2) is 0 Å². The number of nitrogens with two attached hydrogens (primary N) is 1. The third-order valence-corrected chi connectivity index (χ3v) is 3.59. The van der Waals surface area contributed by atoms with E-state index in [1.54, 1.807) is 0 Å². The fourth-order valence-corrected chi connectivity index (χ4v) is 2.15. The molecular weight excluding hydrogens is 304 g/mol. The molecule has 0 atom stereocenters. The first-order valence-electron chi connectivity index (χ1n) is 7.61. The predicted octanol–water partition coefficient (Wildman–Crippen LogP) is 2.96. The number of oxime groups is 1. The lowest BCUT2D eigenvalue weighted by molar-refractivity contribution is 0.130. The van der Waals surface area contributed by atoms with Crippen molar-refractivity contribution in [2.45, 2.75) is 20.5 Å². The minimum atomic E-state index is -0.384. The van der Waals surface area contributed by atoms with Crippen molar-refractivity contribution >= 4 is 17.4 Å². The first kappa shape index (κ1) is 17.5. The van der Waals surface area contributed by atoms with Gasteiger partial charge in [-0.05, 0) is 31.0 Å². The van der Waals surface area contributed by atoms with E-state index >= 15 is 0 Å². The van der Waals surface area contributed by atoms with Gasteiger partial charge in [0.25, 0.3) is 0 Å². The number of carbonyl (C=O) groups is 1. The number of hydrogen-bond acceptors (Lipinski definition) is 4. The lowest BCUT2D eigenvalue weighted by atomic mass is 10.1. The van der Waals surface area contributed by atoms with Gasteiger partial charge in [-0.2, -0.15) is 0 Å². The van der Waals surface area contributed by atoms with Crippen molar-refractivity contribution in [1.29, 1.82) is 0 Å². The van der Waals surface area contributed by atoms with E-state index in [9.17, 15) is 4.79 Å². The Bertz CT molecular complexity index is 729. The van der Waals surface area contributed by atoms with E-state index in [1.165, 1.54) is 7.05 Å². The van der Waals surface area contributed by atoms with Crippen LogP contribution >= 0.6 is 0 Å². The van der Waals surface area contributed by atoms with Crippen molar-refractivity contribution in [2.24, 2.45) is 11.0 Å². The lowest BCUT2D eigenvalue weighted by Gasteiger charge is -2.19. The summed E-state index contributed by atoms with van der Waals surface area (Å²) in [6.45, 7) is 4.14. The standard InChI is InChI=1S/C18H22N4O2/c1-13-9-10-16(11-17(13)22(19)18(23)20-3)14(2)21-24-12-15-7-5-4-6-8-15/h4-11H,12,19H2,1-3H3,(H,20,23)/b21-14+. The summed E-state index contributed by atoms with van der Waals surface area (Å²) in [5.41, 5.74) is 4.10. The van der Waals surface area contributed by atoms with Crippen molar-refractivity contribution in [3.63, 3.8) is 0 Å². The second-order valence-corrected chi connectivity index (χ2v) is 5.36. The van der Waals surface area contributed by atoms with E-state index in [2.05, 4.69) is 10.5 Å². The van der Waals surface area contributed by atoms with Gasteiger partial charge in [0.2, 0.25) is 0 Å². The Morgan fingerprint density at radius 1 is 1.25 bits per heavy atom. The molecule has 0 aliphatic rings. The Morgan fingerprint density at radius 3 is 2.62 bits per heavy atom. The Labute approximate surface area is 141 Å². The molecular formula is C18H22N4O2. The highest BCUT2D eigenvalue weighted by molar-refractivity contribution is 6.00. The zero-order valence-electron chi connectivity index (χ0n) is 14.1. The molecule has 0 aliphatic carbocycles. The molecule has 126 valence electrons. The highest BCUT2D eigenvalue weighted by Gasteiger charge is 2.13. The molecule has 0 fully saturated rings. The second-order valence-electron chi connectivity index (χ2n) is 5.36. The molecule has 0 spiro atoms. The molecule has 0 radical (unpaired) electrons. The van der Waals surface area contributed by atoms with Crippen LogP contribution in [-0.4, -0.2) is 18.8 Å². The molecule has 0 saturated carbocycles. The lowest BCUT2D eigenvalue weighted by Crippen LogP contribution is -2.43. The summed E-state index contributed by atoms with van der Waals surface area (Å²) in [6.07, 6.45) is 0. The van der Waals surface area contributed by atoms with Crippen molar-refractivity contribution in [3.05, 3.63) is 65.2 Å². The second kappa shape index (κ2) is 8.12. The Hall–Kier alpha value is -2.86. The topological polar surface area (TPSA) is 80.0 Å². The van der Waals surface area contributed by atoms with Crippen LogP contribution in [0.2, 0.25) is 0 Å². The van der Waals surface area contributed by atoms with Crippen LogP contribution in [0.3, 0.4) is 0 Å². The van der Waals surface area contributed by atoms with E-state index in [0.717, 1.165) is 21.7 Å². The van der Waals surface area contributed by atoms with Gasteiger partial charge in [-0.3, -0.25) is 0 Å². The average molecular weight is 326 g/mol. The average Bonchev–Trinajstić information content (AvgIpc) is 2.61. The van der Waals surface area contributed by atoms with Crippen molar-refractivity contribution in [1.82, 2.24) is 5.32 Å². The van der Waals surface area contributed by atoms with Crippen LogP contribution in [0.15, 0.2) is 53.7 Å². The van der Waals surface area contributed by atoms with Crippen LogP contribution in [0.5, 0.6) is 0 Å². The molecule has 2 aromatic rings. The number of rotatable bonds is 5. The summed E-state index contributed by atoms with van der Waals surface area (Å²) in [5, 5.41) is 7.72. The number of amides is 2. The first-order valence-corrected chi connectivity index (χ1v) is 7.61. The molecule has 6 heteroatoms. The molecule has 0 bridgehead atoms. The van der Waals surface area contributed by atoms with Gasteiger partial charge in [0.05, 0.1) is 11.4 Å². The normalized spacial score (nSPS) is 11.1. The third kappa shape index (κ3) is 4.33. The molecule has 0 aromatic heterocycles. The van der Waals surface area contributed by atoms with Gasteiger partial charge < -0.3 is 10.2 Å². The van der Waals surface area contributed by atoms with E-state index in [4.69, 9.17) is 10.7 Å². The largest absolute Gasteiger partial charge is 0.391 e. The summed E-state index contributed by atoms with van der Waals surface area (Å²) in [6, 6.07) is 15.1. The van der Waals surface area contributed by atoms with Crippen molar-refractivity contribution in [3.8, 4) is 0 Å². The van der Waals surface area contributed by atoms with Crippen molar-refractivity contribution in [2.75, 3.05) is 12.1 Å². The van der Waals surface area contributed by atoms with Gasteiger partial charge in [-0.25, -0.2) is 15.6 Å². The Kier molecular flexibility index (Phi) is 5.92. The van der Waals surface area contributed by atoms with E-state index in [0.29, 0.717) is 18.0 Å². The minimum Gasteiger partial charge on any atom is -0.391 e. The Balaban J connectivity index is 2.13. The molecule has 0 saturated heterocycles. The number of benzene rings is 2. The Morgan fingerprint density at radius 2 is 1.96 bits per heavy atom. The van der Waals surface area contributed by atoms with Crippen LogP contribution < -0.4 is 16.2 Å². The number of urea groups is 1. The molecule has 24 heavy (non-hydrogen) atoms. The number of nitrogens with zero attached hydrogens (tertiary/aromatic N) is 2. The van der Waals surface area contributed by atoms with Crippen molar-refractivity contribution < 1.29 is 9.63 Å². The van der Waals surface area contributed by atoms with Gasteiger partial charge in [0, 0.05) is 12.6 Å². The number of anilines is 1. The van der Waals surface area contributed by atoms with Gasteiger partial charge in [-0.15, -0.1) is 0 Å². The van der Waals surface area contributed by atoms with Crippen LogP contribution in [0, 0.1) is 6.92 Å². The number of aryl methyl sites for hydroxylation is 1. The quantitative estimate of drug-likeness (QED) is 0.384. The predicted molar refractivity (Wildman–Crippen MR) is 95.7 cm³/mol. The van der Waals surface area contributed by atoms with E-state index in [1.807, 2.05) is 62.4 Å². The SMILES string of the molecule is CNC(=O)N(N)c1cc(/C(C)=N/OCc2ccccc2)ccc1C.